The number of rotatable bonds is 6. The van der Waals surface area contributed by atoms with Crippen LogP contribution in [0.3, 0.4) is 0 Å². The molecule has 2 aliphatic rings. The number of piperazine rings is 1. The van der Waals surface area contributed by atoms with Crippen LogP contribution in [-0.4, -0.2) is 89.3 Å². The number of carbonyl (C=O) groups is 3. The smallest absolute Gasteiger partial charge is 0.321 e. The molecule has 2 aliphatic heterocycles. The van der Waals surface area contributed by atoms with E-state index in [0.717, 1.165) is 25.9 Å². The Morgan fingerprint density at radius 3 is 2.35 bits per heavy atom. The quantitative estimate of drug-likeness (QED) is 0.719. The maximum atomic E-state index is 12.6. The molecule has 2 fully saturated rings. The summed E-state index contributed by atoms with van der Waals surface area (Å²) in [7, 11) is 1.76. The van der Waals surface area contributed by atoms with Crippen LogP contribution in [0, 0.1) is 0 Å². The second-order valence-corrected chi connectivity index (χ2v) is 6.50. The lowest BCUT2D eigenvalue weighted by Crippen LogP contribution is -2.59. The summed E-state index contributed by atoms with van der Waals surface area (Å²) in [5.41, 5.74) is 0. The zero-order chi connectivity index (χ0) is 17.1. The molecule has 0 bridgehead atoms. The van der Waals surface area contributed by atoms with Crippen molar-refractivity contribution in [2.24, 2.45) is 0 Å². The Kier molecular flexibility index (Phi) is 5.49. The van der Waals surface area contributed by atoms with E-state index in [1.807, 2.05) is 18.7 Å². The largest absolute Gasteiger partial charge is 0.342 e. The van der Waals surface area contributed by atoms with Gasteiger partial charge in [0.25, 0.3) is 0 Å². The van der Waals surface area contributed by atoms with Gasteiger partial charge in [-0.3, -0.25) is 9.59 Å². The van der Waals surface area contributed by atoms with Crippen molar-refractivity contribution in [2.45, 2.75) is 45.7 Å². The molecule has 7 nitrogen and oxygen atoms in total. The van der Waals surface area contributed by atoms with Crippen molar-refractivity contribution in [1.29, 1.82) is 0 Å². The number of carbonyl (C=O) groups excluding carboxylic acids is 3. The Bertz CT molecular complexity index is 476. The summed E-state index contributed by atoms with van der Waals surface area (Å²) < 4.78 is 0. The second-order valence-electron chi connectivity index (χ2n) is 6.50. The summed E-state index contributed by atoms with van der Waals surface area (Å²) >= 11 is 0. The van der Waals surface area contributed by atoms with Crippen LogP contribution in [0.1, 0.15) is 33.6 Å². The van der Waals surface area contributed by atoms with Crippen LogP contribution in [0.15, 0.2) is 0 Å². The van der Waals surface area contributed by atoms with Crippen molar-refractivity contribution in [1.82, 2.24) is 19.6 Å². The molecule has 2 saturated heterocycles. The van der Waals surface area contributed by atoms with Crippen molar-refractivity contribution < 1.29 is 14.4 Å². The van der Waals surface area contributed by atoms with E-state index >= 15 is 0 Å². The van der Waals surface area contributed by atoms with E-state index in [9.17, 15) is 14.4 Å². The molecule has 0 spiro atoms. The first kappa shape index (κ1) is 17.6. The molecule has 4 amide bonds. The highest BCUT2D eigenvalue weighted by molar-refractivity contribution is 5.91. The molecule has 0 aromatic heterocycles. The topological polar surface area (TPSA) is 64.2 Å². The van der Waals surface area contributed by atoms with Gasteiger partial charge >= 0.3 is 6.03 Å². The van der Waals surface area contributed by atoms with Gasteiger partial charge in [-0.1, -0.05) is 13.8 Å². The highest BCUT2D eigenvalue weighted by Crippen LogP contribution is 2.24. The molecule has 0 radical (unpaired) electrons. The molecule has 2 rings (SSSR count). The summed E-state index contributed by atoms with van der Waals surface area (Å²) in [6, 6.07) is -0.655. The zero-order valence-electron chi connectivity index (χ0n) is 14.6. The third-order valence-corrected chi connectivity index (χ3v) is 4.62. The molecule has 2 heterocycles. The van der Waals surface area contributed by atoms with E-state index in [4.69, 9.17) is 0 Å². The summed E-state index contributed by atoms with van der Waals surface area (Å²) in [5.74, 6) is -0.0457. The standard InChI is InChI=1S/C16H28N4O3/c1-5-7-18(8-6-2)14(21)11-19-10-13-9-17(4)15(22)12(3)20(13)16(19)23/h12-13H,5-11H2,1-4H3/t12-,13+/m0/s1. The van der Waals surface area contributed by atoms with Gasteiger partial charge in [0.15, 0.2) is 0 Å². The van der Waals surface area contributed by atoms with Crippen LogP contribution in [-0.2, 0) is 9.59 Å². The molecule has 23 heavy (non-hydrogen) atoms. The van der Waals surface area contributed by atoms with E-state index in [0.29, 0.717) is 13.1 Å². The van der Waals surface area contributed by atoms with Gasteiger partial charge in [0.2, 0.25) is 11.8 Å². The Morgan fingerprint density at radius 2 is 1.78 bits per heavy atom. The van der Waals surface area contributed by atoms with Crippen molar-refractivity contribution in [3.63, 3.8) is 0 Å². The van der Waals surface area contributed by atoms with E-state index in [-0.39, 0.29) is 30.4 Å². The predicted molar refractivity (Wildman–Crippen MR) is 86.9 cm³/mol. The third-order valence-electron chi connectivity index (χ3n) is 4.62. The number of nitrogens with zero attached hydrogens (tertiary/aromatic N) is 4. The fraction of sp³-hybridized carbons (Fsp3) is 0.812. The van der Waals surface area contributed by atoms with E-state index in [2.05, 4.69) is 0 Å². The molecular weight excluding hydrogens is 296 g/mol. The zero-order valence-corrected chi connectivity index (χ0v) is 14.6. The average Bonchev–Trinajstić information content (AvgIpc) is 2.80. The molecule has 0 unspecified atom stereocenters. The summed E-state index contributed by atoms with van der Waals surface area (Å²) in [6.07, 6.45) is 1.82. The molecule has 0 aromatic rings. The van der Waals surface area contributed by atoms with Gasteiger partial charge in [0.05, 0.1) is 6.04 Å². The van der Waals surface area contributed by atoms with E-state index in [1.54, 1.807) is 28.7 Å². The number of fused-ring (bicyclic) bond motifs is 1. The maximum absolute atomic E-state index is 12.6. The molecule has 0 saturated carbocycles. The number of urea groups is 1. The molecule has 2 atom stereocenters. The minimum absolute atomic E-state index is 0.00534. The minimum Gasteiger partial charge on any atom is -0.342 e. The van der Waals surface area contributed by atoms with Crippen LogP contribution in [0.2, 0.25) is 0 Å². The lowest BCUT2D eigenvalue weighted by atomic mass is 10.1. The van der Waals surface area contributed by atoms with Crippen molar-refractivity contribution >= 4 is 17.8 Å². The van der Waals surface area contributed by atoms with Crippen molar-refractivity contribution in [3.8, 4) is 0 Å². The number of likely N-dealkylation sites (N-methyl/N-ethyl adjacent to an activating group) is 1. The summed E-state index contributed by atoms with van der Waals surface area (Å²) in [4.78, 5) is 43.8. The molecule has 0 aliphatic carbocycles. The summed E-state index contributed by atoms with van der Waals surface area (Å²) in [6.45, 7) is 8.44. The maximum Gasteiger partial charge on any atom is 0.321 e. The number of hydrogen-bond donors (Lipinski definition) is 0. The predicted octanol–water partition coefficient (Wildman–Crippen LogP) is 0.602. The van der Waals surface area contributed by atoms with Crippen LogP contribution >= 0.6 is 0 Å². The fourth-order valence-corrected chi connectivity index (χ4v) is 3.51. The molecule has 0 N–H and O–H groups in total. The first-order chi connectivity index (χ1) is 10.9. The third kappa shape index (κ3) is 3.43. The van der Waals surface area contributed by atoms with Crippen LogP contribution in [0.5, 0.6) is 0 Å². The number of hydrogen-bond acceptors (Lipinski definition) is 3. The summed E-state index contributed by atoms with van der Waals surface area (Å²) in [5, 5.41) is 0. The van der Waals surface area contributed by atoms with Gasteiger partial charge in [0, 0.05) is 33.2 Å². The van der Waals surface area contributed by atoms with E-state index in [1.165, 1.54) is 0 Å². The van der Waals surface area contributed by atoms with Gasteiger partial charge in [-0.15, -0.1) is 0 Å². The first-order valence-electron chi connectivity index (χ1n) is 8.50. The lowest BCUT2D eigenvalue weighted by Gasteiger charge is -2.38. The molecule has 130 valence electrons. The van der Waals surface area contributed by atoms with E-state index < -0.39 is 6.04 Å². The second kappa shape index (κ2) is 7.19. The van der Waals surface area contributed by atoms with Gasteiger partial charge < -0.3 is 19.6 Å². The molecular formula is C16H28N4O3. The van der Waals surface area contributed by atoms with Crippen molar-refractivity contribution in [2.75, 3.05) is 39.8 Å². The van der Waals surface area contributed by atoms with Gasteiger partial charge in [-0.2, -0.15) is 0 Å². The van der Waals surface area contributed by atoms with Gasteiger partial charge in [-0.25, -0.2) is 4.79 Å². The average molecular weight is 324 g/mol. The van der Waals surface area contributed by atoms with Crippen LogP contribution in [0.25, 0.3) is 0 Å². The van der Waals surface area contributed by atoms with Gasteiger partial charge in [0.1, 0.15) is 12.6 Å². The van der Waals surface area contributed by atoms with Crippen LogP contribution < -0.4 is 0 Å². The monoisotopic (exact) mass is 324 g/mol. The highest BCUT2D eigenvalue weighted by Gasteiger charge is 2.47. The Balaban J connectivity index is 2.03. The SMILES string of the molecule is CCCN(CCC)C(=O)CN1C[C@H]2CN(C)C(=O)[C@H](C)N2C1=O. The normalized spacial score (nSPS) is 24.3. The lowest BCUT2D eigenvalue weighted by molar-refractivity contribution is -0.139. The molecule has 0 aromatic carbocycles. The first-order valence-corrected chi connectivity index (χ1v) is 8.50. The highest BCUT2D eigenvalue weighted by atomic mass is 16.2. The molecule has 7 heteroatoms. The minimum atomic E-state index is -0.450. The van der Waals surface area contributed by atoms with Gasteiger partial charge in [-0.05, 0) is 19.8 Å². The Hall–Kier alpha value is -1.79. The van der Waals surface area contributed by atoms with Crippen LogP contribution in [0.4, 0.5) is 4.79 Å². The van der Waals surface area contributed by atoms with Crippen molar-refractivity contribution in [3.05, 3.63) is 0 Å². The fourth-order valence-electron chi connectivity index (χ4n) is 3.51. The Morgan fingerprint density at radius 1 is 1.17 bits per heavy atom. The number of amides is 4. The Labute approximate surface area is 138 Å².